The Labute approximate surface area is 165 Å². The van der Waals surface area contributed by atoms with Crippen molar-refractivity contribution >= 4 is 11.7 Å². The summed E-state index contributed by atoms with van der Waals surface area (Å²) in [7, 11) is 0. The summed E-state index contributed by atoms with van der Waals surface area (Å²) in [6.07, 6.45) is -1.85. The summed E-state index contributed by atoms with van der Waals surface area (Å²) in [6.45, 7) is 1.60. The number of nitrogens with one attached hydrogen (secondary N) is 1. The highest BCUT2D eigenvalue weighted by atomic mass is 19.4. The first kappa shape index (κ1) is 20.5. The summed E-state index contributed by atoms with van der Waals surface area (Å²) in [5.41, 5.74) is 1.19. The highest BCUT2D eigenvalue weighted by molar-refractivity contribution is 5.79. The second kappa shape index (κ2) is 8.82. The quantitative estimate of drug-likeness (QED) is 0.827. The maximum atomic E-state index is 12.4. The SMILES string of the molecule is N#Cc1ccc(N2CCC(C(=O)NCc3ccc(OC(F)(F)F)cc3)CC2)nc1. The maximum Gasteiger partial charge on any atom is 0.573 e. The Bertz CT molecular complexity index is 869. The molecule has 1 amide bonds. The Morgan fingerprint density at radius 2 is 1.90 bits per heavy atom. The number of carbonyl (C=O) groups excluding carboxylic acids is 1. The van der Waals surface area contributed by atoms with Crippen LogP contribution in [0.25, 0.3) is 0 Å². The molecule has 0 spiro atoms. The van der Waals surface area contributed by atoms with Gasteiger partial charge in [0.05, 0.1) is 5.56 Å². The fourth-order valence-corrected chi connectivity index (χ4v) is 3.15. The second-order valence-corrected chi connectivity index (χ2v) is 6.69. The van der Waals surface area contributed by atoms with E-state index in [0.717, 1.165) is 5.82 Å². The first-order valence-electron chi connectivity index (χ1n) is 9.07. The number of nitrogens with zero attached hydrogens (tertiary/aromatic N) is 3. The van der Waals surface area contributed by atoms with E-state index in [-0.39, 0.29) is 24.1 Å². The van der Waals surface area contributed by atoms with E-state index in [4.69, 9.17) is 5.26 Å². The number of ether oxygens (including phenoxy) is 1. The summed E-state index contributed by atoms with van der Waals surface area (Å²) in [5, 5.41) is 11.7. The molecule has 1 aromatic carbocycles. The highest BCUT2D eigenvalue weighted by Gasteiger charge is 2.31. The fraction of sp³-hybridized carbons (Fsp3) is 0.350. The smallest absolute Gasteiger partial charge is 0.406 e. The molecule has 2 heterocycles. The number of rotatable bonds is 5. The molecule has 1 aliphatic heterocycles. The number of amides is 1. The molecule has 1 N–H and O–H groups in total. The molecule has 3 rings (SSSR count). The first-order chi connectivity index (χ1) is 13.8. The molecule has 6 nitrogen and oxygen atoms in total. The predicted molar refractivity (Wildman–Crippen MR) is 98.9 cm³/mol. The van der Waals surface area contributed by atoms with Crippen LogP contribution >= 0.6 is 0 Å². The van der Waals surface area contributed by atoms with E-state index in [2.05, 4.69) is 19.9 Å². The van der Waals surface area contributed by atoms with Crippen molar-refractivity contribution in [2.75, 3.05) is 18.0 Å². The zero-order chi connectivity index (χ0) is 20.9. The molecule has 1 saturated heterocycles. The van der Waals surface area contributed by atoms with Crippen LogP contribution in [-0.4, -0.2) is 30.3 Å². The molecule has 29 heavy (non-hydrogen) atoms. The van der Waals surface area contributed by atoms with Gasteiger partial charge in [0.25, 0.3) is 0 Å². The number of benzene rings is 1. The fourth-order valence-electron chi connectivity index (χ4n) is 3.15. The normalized spacial score (nSPS) is 14.9. The van der Waals surface area contributed by atoms with Crippen LogP contribution in [0.4, 0.5) is 19.0 Å². The lowest BCUT2D eigenvalue weighted by Gasteiger charge is -2.32. The van der Waals surface area contributed by atoms with Gasteiger partial charge in [0, 0.05) is 31.7 Å². The van der Waals surface area contributed by atoms with Gasteiger partial charge >= 0.3 is 6.36 Å². The number of carbonyl (C=O) groups is 1. The zero-order valence-corrected chi connectivity index (χ0v) is 15.4. The van der Waals surface area contributed by atoms with E-state index in [1.165, 1.54) is 30.5 Å². The zero-order valence-electron chi connectivity index (χ0n) is 15.4. The van der Waals surface area contributed by atoms with Crippen LogP contribution in [-0.2, 0) is 11.3 Å². The van der Waals surface area contributed by atoms with Crippen molar-refractivity contribution in [1.29, 1.82) is 5.26 Å². The van der Waals surface area contributed by atoms with Crippen molar-refractivity contribution in [2.24, 2.45) is 5.92 Å². The van der Waals surface area contributed by atoms with Crippen molar-refractivity contribution < 1.29 is 22.7 Å². The lowest BCUT2D eigenvalue weighted by molar-refractivity contribution is -0.274. The molecule has 0 aliphatic carbocycles. The van der Waals surface area contributed by atoms with Crippen LogP contribution in [0.1, 0.15) is 24.0 Å². The van der Waals surface area contributed by atoms with Gasteiger partial charge in [-0.2, -0.15) is 5.26 Å². The van der Waals surface area contributed by atoms with E-state index in [0.29, 0.717) is 37.1 Å². The number of aromatic nitrogens is 1. The molecule has 0 atom stereocenters. The molecule has 1 fully saturated rings. The molecule has 2 aromatic rings. The van der Waals surface area contributed by atoms with E-state index in [9.17, 15) is 18.0 Å². The second-order valence-electron chi connectivity index (χ2n) is 6.69. The summed E-state index contributed by atoms with van der Waals surface area (Å²) >= 11 is 0. The average molecular weight is 404 g/mol. The molecule has 1 aliphatic rings. The maximum absolute atomic E-state index is 12.4. The van der Waals surface area contributed by atoms with Gasteiger partial charge in [-0.05, 0) is 42.7 Å². The minimum atomic E-state index is -4.72. The Morgan fingerprint density at radius 1 is 1.21 bits per heavy atom. The van der Waals surface area contributed by atoms with Crippen LogP contribution in [0.5, 0.6) is 5.75 Å². The molecule has 152 valence electrons. The Hall–Kier alpha value is -3.28. The van der Waals surface area contributed by atoms with Crippen molar-refractivity contribution in [3.8, 4) is 11.8 Å². The van der Waals surface area contributed by atoms with Gasteiger partial charge in [-0.1, -0.05) is 12.1 Å². The minimum Gasteiger partial charge on any atom is -0.406 e. The predicted octanol–water partition coefficient (Wildman–Crippen LogP) is 3.38. The van der Waals surface area contributed by atoms with Gasteiger partial charge in [0.2, 0.25) is 5.91 Å². The Kier molecular flexibility index (Phi) is 6.22. The number of anilines is 1. The van der Waals surface area contributed by atoms with Gasteiger partial charge in [-0.15, -0.1) is 13.2 Å². The number of piperidine rings is 1. The lowest BCUT2D eigenvalue weighted by Crippen LogP contribution is -2.40. The Balaban J connectivity index is 1.45. The van der Waals surface area contributed by atoms with Crippen molar-refractivity contribution in [2.45, 2.75) is 25.7 Å². The summed E-state index contributed by atoms with van der Waals surface area (Å²) in [4.78, 5) is 18.7. The Morgan fingerprint density at radius 3 is 2.45 bits per heavy atom. The largest absolute Gasteiger partial charge is 0.573 e. The number of pyridine rings is 1. The van der Waals surface area contributed by atoms with Gasteiger partial charge < -0.3 is 15.0 Å². The minimum absolute atomic E-state index is 0.0759. The topological polar surface area (TPSA) is 78.2 Å². The van der Waals surface area contributed by atoms with Crippen molar-refractivity contribution in [1.82, 2.24) is 10.3 Å². The van der Waals surface area contributed by atoms with Crippen LogP contribution in [0.2, 0.25) is 0 Å². The standard InChI is InChI=1S/C20H19F3N4O2/c21-20(22,23)29-17-4-1-14(2-5-17)12-26-19(28)16-7-9-27(10-8-16)18-6-3-15(11-24)13-25-18/h1-6,13,16H,7-10,12H2,(H,26,28). The molecule has 0 unspecified atom stereocenters. The van der Waals surface area contributed by atoms with Crippen LogP contribution in [0.3, 0.4) is 0 Å². The first-order valence-corrected chi connectivity index (χ1v) is 9.07. The number of halogens is 3. The molecule has 0 radical (unpaired) electrons. The molecular weight excluding hydrogens is 385 g/mol. The summed E-state index contributed by atoms with van der Waals surface area (Å²) in [5.74, 6) is 0.283. The van der Waals surface area contributed by atoms with E-state index >= 15 is 0 Å². The van der Waals surface area contributed by atoms with Gasteiger partial charge in [-0.3, -0.25) is 4.79 Å². The third-order valence-electron chi connectivity index (χ3n) is 4.69. The molecule has 0 bridgehead atoms. The summed E-state index contributed by atoms with van der Waals surface area (Å²) < 4.78 is 40.3. The lowest BCUT2D eigenvalue weighted by atomic mass is 9.95. The third kappa shape index (κ3) is 5.85. The average Bonchev–Trinajstić information content (AvgIpc) is 2.72. The highest BCUT2D eigenvalue weighted by Crippen LogP contribution is 2.24. The molecular formula is C20H19F3N4O2. The van der Waals surface area contributed by atoms with E-state index in [1.54, 1.807) is 12.1 Å². The summed E-state index contributed by atoms with van der Waals surface area (Å²) in [6, 6.07) is 11.0. The number of alkyl halides is 3. The number of hydrogen-bond acceptors (Lipinski definition) is 5. The van der Waals surface area contributed by atoms with Crippen LogP contribution < -0.4 is 15.0 Å². The number of nitriles is 1. The molecule has 0 saturated carbocycles. The van der Waals surface area contributed by atoms with Crippen LogP contribution in [0.15, 0.2) is 42.6 Å². The van der Waals surface area contributed by atoms with Gasteiger partial charge in [-0.25, -0.2) is 4.98 Å². The number of hydrogen-bond donors (Lipinski definition) is 1. The van der Waals surface area contributed by atoms with Gasteiger partial charge in [0.1, 0.15) is 17.6 Å². The van der Waals surface area contributed by atoms with Crippen molar-refractivity contribution in [3.05, 3.63) is 53.7 Å². The molecule has 1 aromatic heterocycles. The monoisotopic (exact) mass is 404 g/mol. The van der Waals surface area contributed by atoms with Crippen molar-refractivity contribution in [3.63, 3.8) is 0 Å². The van der Waals surface area contributed by atoms with Crippen LogP contribution in [0, 0.1) is 17.2 Å². The van der Waals surface area contributed by atoms with E-state index in [1.807, 2.05) is 6.07 Å². The third-order valence-corrected chi connectivity index (χ3v) is 4.69. The van der Waals surface area contributed by atoms with E-state index < -0.39 is 6.36 Å². The molecule has 9 heteroatoms. The van der Waals surface area contributed by atoms with Gasteiger partial charge in [0.15, 0.2) is 0 Å².